The molecule has 0 aliphatic heterocycles. The van der Waals surface area contributed by atoms with Gasteiger partial charge in [0, 0.05) is 13.6 Å². The van der Waals surface area contributed by atoms with Gasteiger partial charge in [0.1, 0.15) is 17.1 Å². The van der Waals surface area contributed by atoms with Gasteiger partial charge in [-0.2, -0.15) is 0 Å². The van der Waals surface area contributed by atoms with Gasteiger partial charge in [-0.15, -0.1) is 0 Å². The number of rotatable bonds is 5. The molecule has 2 rings (SSSR count). The van der Waals surface area contributed by atoms with Crippen LogP contribution < -0.4 is 5.32 Å². The molecule has 0 bridgehead atoms. The molecule has 0 radical (unpaired) electrons. The number of carboxylic acid groups (broad SMARTS) is 1. The normalized spacial score (nSPS) is 14.2. The molecule has 0 saturated heterocycles. The monoisotopic (exact) mass is 266 g/mol. The molecule has 0 atom stereocenters. The fourth-order valence-corrected chi connectivity index (χ4v) is 1.91. The number of furan rings is 1. The zero-order valence-corrected chi connectivity index (χ0v) is 11.1. The van der Waals surface area contributed by atoms with E-state index >= 15 is 0 Å². The minimum absolute atomic E-state index is 0.135. The SMILES string of the molecule is Cc1oc(CNC(=O)N(C)CC2CC2)cc1C(=O)O. The minimum Gasteiger partial charge on any atom is -0.478 e. The summed E-state index contributed by atoms with van der Waals surface area (Å²) in [6.45, 7) is 2.55. The van der Waals surface area contributed by atoms with Crippen molar-refractivity contribution in [3.05, 3.63) is 23.2 Å². The molecule has 19 heavy (non-hydrogen) atoms. The number of nitrogens with one attached hydrogen (secondary N) is 1. The number of urea groups is 1. The molecule has 1 aliphatic carbocycles. The number of amides is 2. The van der Waals surface area contributed by atoms with Gasteiger partial charge in [-0.1, -0.05) is 0 Å². The average Bonchev–Trinajstić information content (AvgIpc) is 3.07. The molecule has 104 valence electrons. The van der Waals surface area contributed by atoms with Crippen LogP contribution in [-0.2, 0) is 6.54 Å². The largest absolute Gasteiger partial charge is 0.478 e. The van der Waals surface area contributed by atoms with E-state index in [2.05, 4.69) is 5.32 Å². The summed E-state index contributed by atoms with van der Waals surface area (Å²) < 4.78 is 5.29. The van der Waals surface area contributed by atoms with Gasteiger partial charge in [0.15, 0.2) is 0 Å². The number of aromatic carboxylic acids is 1. The highest BCUT2D eigenvalue weighted by molar-refractivity contribution is 5.88. The number of nitrogens with zero attached hydrogens (tertiary/aromatic N) is 1. The van der Waals surface area contributed by atoms with E-state index in [0.29, 0.717) is 17.4 Å². The Morgan fingerprint density at radius 3 is 2.74 bits per heavy atom. The maximum Gasteiger partial charge on any atom is 0.339 e. The van der Waals surface area contributed by atoms with Crippen molar-refractivity contribution in [2.24, 2.45) is 5.92 Å². The zero-order valence-electron chi connectivity index (χ0n) is 11.1. The summed E-state index contributed by atoms with van der Waals surface area (Å²) >= 11 is 0. The maximum absolute atomic E-state index is 11.8. The molecule has 1 fully saturated rings. The second kappa shape index (κ2) is 5.34. The first-order valence-corrected chi connectivity index (χ1v) is 6.29. The predicted octanol–water partition coefficient (Wildman–Crippen LogP) is 1.84. The molecule has 1 aromatic heterocycles. The summed E-state index contributed by atoms with van der Waals surface area (Å²) in [5, 5.41) is 11.6. The molecule has 2 amide bonds. The van der Waals surface area contributed by atoms with Crippen LogP contribution in [0.15, 0.2) is 10.5 Å². The van der Waals surface area contributed by atoms with Crippen molar-refractivity contribution in [2.75, 3.05) is 13.6 Å². The molecular formula is C13H18N2O4. The van der Waals surface area contributed by atoms with Crippen molar-refractivity contribution in [3.8, 4) is 0 Å². The Balaban J connectivity index is 1.85. The second-order valence-corrected chi connectivity index (χ2v) is 4.97. The predicted molar refractivity (Wildman–Crippen MR) is 68.0 cm³/mol. The zero-order chi connectivity index (χ0) is 14.0. The van der Waals surface area contributed by atoms with E-state index in [-0.39, 0.29) is 18.1 Å². The lowest BCUT2D eigenvalue weighted by atomic mass is 10.2. The second-order valence-electron chi connectivity index (χ2n) is 4.97. The number of carboxylic acids is 1. The molecule has 0 spiro atoms. The number of carbonyl (C=O) groups excluding carboxylic acids is 1. The third kappa shape index (κ3) is 3.49. The molecule has 1 heterocycles. The fourth-order valence-electron chi connectivity index (χ4n) is 1.91. The van der Waals surface area contributed by atoms with Gasteiger partial charge in [-0.05, 0) is 31.7 Å². The Kier molecular flexibility index (Phi) is 3.78. The van der Waals surface area contributed by atoms with Crippen LogP contribution in [0.3, 0.4) is 0 Å². The van der Waals surface area contributed by atoms with E-state index in [1.54, 1.807) is 18.9 Å². The summed E-state index contributed by atoms with van der Waals surface area (Å²) in [5.74, 6) is 0.413. The van der Waals surface area contributed by atoms with Crippen LogP contribution in [0.5, 0.6) is 0 Å². The van der Waals surface area contributed by atoms with Crippen molar-refractivity contribution in [3.63, 3.8) is 0 Å². The summed E-state index contributed by atoms with van der Waals surface area (Å²) in [6, 6.07) is 1.27. The highest BCUT2D eigenvalue weighted by atomic mass is 16.4. The maximum atomic E-state index is 11.8. The molecule has 0 aromatic carbocycles. The molecule has 1 aromatic rings. The lowest BCUT2D eigenvalue weighted by Gasteiger charge is -2.16. The Morgan fingerprint density at radius 1 is 1.53 bits per heavy atom. The molecule has 1 saturated carbocycles. The Bertz CT molecular complexity index is 491. The van der Waals surface area contributed by atoms with Crippen molar-refractivity contribution in [1.29, 1.82) is 0 Å². The van der Waals surface area contributed by atoms with Crippen molar-refractivity contribution in [1.82, 2.24) is 10.2 Å². The van der Waals surface area contributed by atoms with E-state index in [9.17, 15) is 9.59 Å². The van der Waals surface area contributed by atoms with Crippen LogP contribution in [0.2, 0.25) is 0 Å². The van der Waals surface area contributed by atoms with E-state index < -0.39 is 5.97 Å². The lowest BCUT2D eigenvalue weighted by Crippen LogP contribution is -2.37. The molecule has 0 unspecified atom stereocenters. The van der Waals surface area contributed by atoms with Crippen LogP contribution in [0.1, 0.15) is 34.7 Å². The smallest absolute Gasteiger partial charge is 0.339 e. The molecule has 2 N–H and O–H groups in total. The first kappa shape index (κ1) is 13.5. The molecular weight excluding hydrogens is 248 g/mol. The van der Waals surface area contributed by atoms with Gasteiger partial charge < -0.3 is 19.7 Å². The average molecular weight is 266 g/mol. The topological polar surface area (TPSA) is 82.8 Å². The van der Waals surface area contributed by atoms with Gasteiger partial charge in [0.25, 0.3) is 0 Å². The fraction of sp³-hybridized carbons (Fsp3) is 0.538. The van der Waals surface area contributed by atoms with Crippen LogP contribution in [0.4, 0.5) is 4.79 Å². The third-order valence-corrected chi connectivity index (χ3v) is 3.19. The Hall–Kier alpha value is -1.98. The standard InChI is InChI=1S/C13H18N2O4/c1-8-11(12(16)17)5-10(19-8)6-14-13(18)15(2)7-9-3-4-9/h5,9H,3-4,6-7H2,1-2H3,(H,14,18)(H,16,17). The van der Waals surface area contributed by atoms with E-state index in [0.717, 1.165) is 6.54 Å². The lowest BCUT2D eigenvalue weighted by molar-refractivity contribution is 0.0695. The van der Waals surface area contributed by atoms with Crippen molar-refractivity contribution < 1.29 is 19.1 Å². The van der Waals surface area contributed by atoms with Crippen LogP contribution in [-0.4, -0.2) is 35.6 Å². The highest BCUT2D eigenvalue weighted by Crippen LogP contribution is 2.29. The Morgan fingerprint density at radius 2 is 2.21 bits per heavy atom. The van der Waals surface area contributed by atoms with Gasteiger partial charge in [-0.25, -0.2) is 9.59 Å². The highest BCUT2D eigenvalue weighted by Gasteiger charge is 2.24. The first-order chi connectivity index (χ1) is 8.97. The first-order valence-electron chi connectivity index (χ1n) is 6.29. The van der Waals surface area contributed by atoms with Gasteiger partial charge in [-0.3, -0.25) is 0 Å². The number of carbonyl (C=O) groups is 2. The number of aryl methyl sites for hydroxylation is 1. The quantitative estimate of drug-likeness (QED) is 0.851. The van der Waals surface area contributed by atoms with Crippen LogP contribution in [0.25, 0.3) is 0 Å². The number of hydrogen-bond donors (Lipinski definition) is 2. The van der Waals surface area contributed by atoms with Gasteiger partial charge in [0.05, 0.1) is 6.54 Å². The third-order valence-electron chi connectivity index (χ3n) is 3.19. The minimum atomic E-state index is -1.02. The summed E-state index contributed by atoms with van der Waals surface area (Å²) in [7, 11) is 1.75. The molecule has 1 aliphatic rings. The molecule has 6 heteroatoms. The summed E-state index contributed by atoms with van der Waals surface area (Å²) in [6.07, 6.45) is 2.38. The van der Waals surface area contributed by atoms with Gasteiger partial charge in [0.2, 0.25) is 0 Å². The van der Waals surface area contributed by atoms with Crippen LogP contribution in [0, 0.1) is 12.8 Å². The number of hydrogen-bond acceptors (Lipinski definition) is 3. The molecule has 6 nitrogen and oxygen atoms in total. The summed E-state index contributed by atoms with van der Waals surface area (Å²) in [5.41, 5.74) is 0.135. The van der Waals surface area contributed by atoms with Crippen molar-refractivity contribution in [2.45, 2.75) is 26.3 Å². The van der Waals surface area contributed by atoms with E-state index in [1.807, 2.05) is 0 Å². The van der Waals surface area contributed by atoms with E-state index in [1.165, 1.54) is 18.9 Å². The Labute approximate surface area is 111 Å². The van der Waals surface area contributed by atoms with E-state index in [4.69, 9.17) is 9.52 Å². The van der Waals surface area contributed by atoms with Crippen molar-refractivity contribution >= 4 is 12.0 Å². The van der Waals surface area contributed by atoms with Gasteiger partial charge >= 0.3 is 12.0 Å². The summed E-state index contributed by atoms with van der Waals surface area (Å²) in [4.78, 5) is 24.3. The van der Waals surface area contributed by atoms with Crippen LogP contribution >= 0.6 is 0 Å².